The number of nitrogens with one attached hydrogen (secondary N) is 1. The first-order valence-corrected chi connectivity index (χ1v) is 10.1. The molecule has 1 aromatic heterocycles. The summed E-state index contributed by atoms with van der Waals surface area (Å²) in [4.78, 5) is 12.2. The first-order chi connectivity index (χ1) is 12.9. The highest BCUT2D eigenvalue weighted by Crippen LogP contribution is 2.30. The molecule has 0 fully saturated rings. The zero-order valence-corrected chi connectivity index (χ0v) is 17.1. The van der Waals surface area contributed by atoms with Gasteiger partial charge in [0.15, 0.2) is 0 Å². The highest BCUT2D eigenvalue weighted by molar-refractivity contribution is 5.66. The van der Waals surface area contributed by atoms with Crippen molar-refractivity contribution >= 4 is 5.95 Å². The maximum absolute atomic E-state index is 14.3. The van der Waals surface area contributed by atoms with Crippen molar-refractivity contribution in [1.29, 1.82) is 0 Å². The van der Waals surface area contributed by atoms with Gasteiger partial charge in [-0.1, -0.05) is 19.1 Å². The lowest BCUT2D eigenvalue weighted by atomic mass is 10.00. The third kappa shape index (κ3) is 4.13. The fourth-order valence-corrected chi connectivity index (χ4v) is 3.76. The number of anilines is 1. The predicted molar refractivity (Wildman–Crippen MR) is 110 cm³/mol. The number of hydrogen-bond acceptors (Lipinski definition) is 4. The van der Waals surface area contributed by atoms with Crippen LogP contribution in [0, 0.1) is 12.7 Å². The Labute approximate surface area is 162 Å². The zero-order valence-electron chi connectivity index (χ0n) is 17.1. The minimum atomic E-state index is -0.184. The summed E-state index contributed by atoms with van der Waals surface area (Å²) in [7, 11) is 0. The van der Waals surface area contributed by atoms with Gasteiger partial charge in [0.05, 0.1) is 11.4 Å². The number of aryl methyl sites for hydroxylation is 1. The van der Waals surface area contributed by atoms with Crippen LogP contribution in [0.15, 0.2) is 18.2 Å². The standard InChI is InChI=1S/C22H31FN4/c1-6-16(5)27(14(2)3)22-25-20-10-12-24-11-9-18(20)21(26-22)17-8-7-15(4)19(23)13-17/h7-8,13-14,16,24H,6,9-12H2,1-5H3/t16-/m0/s1. The molecule has 146 valence electrons. The molecule has 4 nitrogen and oxygen atoms in total. The molecule has 1 N–H and O–H groups in total. The van der Waals surface area contributed by atoms with Gasteiger partial charge in [-0.15, -0.1) is 0 Å². The summed E-state index contributed by atoms with van der Waals surface area (Å²) in [6.07, 6.45) is 2.76. The van der Waals surface area contributed by atoms with E-state index < -0.39 is 0 Å². The minimum Gasteiger partial charge on any atom is -0.336 e. The molecule has 0 aliphatic carbocycles. The zero-order chi connectivity index (χ0) is 19.6. The molecule has 1 aromatic carbocycles. The van der Waals surface area contributed by atoms with Gasteiger partial charge in [-0.2, -0.15) is 0 Å². The number of rotatable bonds is 5. The number of halogens is 1. The molecule has 5 heteroatoms. The summed E-state index contributed by atoms with van der Waals surface area (Å²) in [6.45, 7) is 12.3. The van der Waals surface area contributed by atoms with Gasteiger partial charge >= 0.3 is 0 Å². The second-order valence-electron chi connectivity index (χ2n) is 7.77. The summed E-state index contributed by atoms with van der Waals surface area (Å²) in [5, 5.41) is 3.44. The van der Waals surface area contributed by atoms with Crippen LogP contribution in [0.5, 0.6) is 0 Å². The molecule has 0 unspecified atom stereocenters. The van der Waals surface area contributed by atoms with Crippen LogP contribution in [-0.4, -0.2) is 35.1 Å². The van der Waals surface area contributed by atoms with Gasteiger partial charge < -0.3 is 10.2 Å². The molecule has 2 aromatic rings. The van der Waals surface area contributed by atoms with Gasteiger partial charge in [-0.3, -0.25) is 0 Å². The molecule has 0 amide bonds. The van der Waals surface area contributed by atoms with Crippen molar-refractivity contribution in [1.82, 2.24) is 15.3 Å². The third-order valence-corrected chi connectivity index (χ3v) is 5.47. The maximum atomic E-state index is 14.3. The van der Waals surface area contributed by atoms with Crippen LogP contribution in [0.3, 0.4) is 0 Å². The van der Waals surface area contributed by atoms with Crippen molar-refractivity contribution < 1.29 is 4.39 Å². The number of benzene rings is 1. The van der Waals surface area contributed by atoms with Crippen molar-refractivity contribution in [2.24, 2.45) is 0 Å². The molecular formula is C22H31FN4. The quantitative estimate of drug-likeness (QED) is 0.852. The van der Waals surface area contributed by atoms with Gasteiger partial charge in [0.25, 0.3) is 0 Å². The molecule has 2 heterocycles. The van der Waals surface area contributed by atoms with E-state index in [0.717, 1.165) is 60.8 Å². The van der Waals surface area contributed by atoms with Crippen molar-refractivity contribution in [3.8, 4) is 11.3 Å². The van der Waals surface area contributed by atoms with Gasteiger partial charge in [-0.25, -0.2) is 14.4 Å². The second-order valence-corrected chi connectivity index (χ2v) is 7.77. The summed E-state index contributed by atoms with van der Waals surface area (Å²) in [5.74, 6) is 0.576. The van der Waals surface area contributed by atoms with Crippen molar-refractivity contribution in [3.63, 3.8) is 0 Å². The molecule has 3 rings (SSSR count). The summed E-state index contributed by atoms with van der Waals surface area (Å²) in [5.41, 5.74) is 4.62. The molecule has 0 spiro atoms. The third-order valence-electron chi connectivity index (χ3n) is 5.47. The molecule has 27 heavy (non-hydrogen) atoms. The molecule has 1 aliphatic rings. The van der Waals surface area contributed by atoms with E-state index in [0.29, 0.717) is 17.6 Å². The van der Waals surface area contributed by atoms with E-state index in [1.807, 2.05) is 12.1 Å². The van der Waals surface area contributed by atoms with Gasteiger partial charge in [0.2, 0.25) is 5.95 Å². The Morgan fingerprint density at radius 3 is 2.56 bits per heavy atom. The van der Waals surface area contributed by atoms with E-state index in [-0.39, 0.29) is 5.82 Å². The Hall–Kier alpha value is -2.01. The Bertz CT molecular complexity index is 803. The van der Waals surface area contributed by atoms with E-state index in [2.05, 4.69) is 37.9 Å². The molecular weight excluding hydrogens is 339 g/mol. The molecule has 0 saturated carbocycles. The SMILES string of the molecule is CC[C@H](C)N(c1nc2c(c(-c3ccc(C)c(F)c3)n1)CCNCC2)C(C)C. The predicted octanol–water partition coefficient (Wildman–Crippen LogP) is 4.29. The maximum Gasteiger partial charge on any atom is 0.226 e. The van der Waals surface area contributed by atoms with Gasteiger partial charge in [0, 0.05) is 36.2 Å². The van der Waals surface area contributed by atoms with E-state index in [9.17, 15) is 4.39 Å². The fourth-order valence-electron chi connectivity index (χ4n) is 3.76. The lowest BCUT2D eigenvalue weighted by molar-refractivity contribution is 0.547. The summed E-state index contributed by atoms with van der Waals surface area (Å²) < 4.78 is 14.3. The first-order valence-electron chi connectivity index (χ1n) is 10.1. The minimum absolute atomic E-state index is 0.184. The highest BCUT2D eigenvalue weighted by Gasteiger charge is 2.24. The number of aromatic nitrogens is 2. The van der Waals surface area contributed by atoms with Crippen molar-refractivity contribution in [2.75, 3.05) is 18.0 Å². The monoisotopic (exact) mass is 370 g/mol. The van der Waals surface area contributed by atoms with Crippen molar-refractivity contribution in [2.45, 2.75) is 66.0 Å². The Kier molecular flexibility index (Phi) is 6.10. The number of nitrogens with zero attached hydrogens (tertiary/aromatic N) is 3. The van der Waals surface area contributed by atoms with E-state index in [4.69, 9.17) is 9.97 Å². The highest BCUT2D eigenvalue weighted by atomic mass is 19.1. The normalized spacial score (nSPS) is 15.4. The van der Waals surface area contributed by atoms with Gasteiger partial charge in [-0.05, 0) is 58.7 Å². The average Bonchev–Trinajstić information content (AvgIpc) is 2.88. The average molecular weight is 371 g/mol. The summed E-state index contributed by atoms with van der Waals surface area (Å²) in [6, 6.07) is 6.07. The Morgan fingerprint density at radius 1 is 1.15 bits per heavy atom. The summed E-state index contributed by atoms with van der Waals surface area (Å²) >= 11 is 0. The Balaban J connectivity index is 2.19. The molecule has 1 atom stereocenters. The van der Waals surface area contributed by atoms with Gasteiger partial charge in [0.1, 0.15) is 5.82 Å². The lowest BCUT2D eigenvalue weighted by Crippen LogP contribution is -2.40. The van der Waals surface area contributed by atoms with E-state index >= 15 is 0 Å². The van der Waals surface area contributed by atoms with Crippen LogP contribution in [0.1, 0.15) is 50.9 Å². The fraction of sp³-hybridized carbons (Fsp3) is 0.545. The molecule has 1 aliphatic heterocycles. The first kappa shape index (κ1) is 19.7. The molecule has 0 saturated heterocycles. The second kappa shape index (κ2) is 8.34. The number of hydrogen-bond donors (Lipinski definition) is 1. The van der Waals surface area contributed by atoms with Crippen LogP contribution in [0.2, 0.25) is 0 Å². The van der Waals surface area contributed by atoms with E-state index in [1.54, 1.807) is 13.0 Å². The largest absolute Gasteiger partial charge is 0.336 e. The van der Waals surface area contributed by atoms with Crippen LogP contribution >= 0.6 is 0 Å². The molecule has 0 radical (unpaired) electrons. The number of fused-ring (bicyclic) bond motifs is 1. The molecule has 0 bridgehead atoms. The van der Waals surface area contributed by atoms with Crippen LogP contribution < -0.4 is 10.2 Å². The Morgan fingerprint density at radius 2 is 1.89 bits per heavy atom. The smallest absolute Gasteiger partial charge is 0.226 e. The van der Waals surface area contributed by atoms with Crippen LogP contribution in [0.25, 0.3) is 11.3 Å². The van der Waals surface area contributed by atoms with Crippen LogP contribution in [0.4, 0.5) is 10.3 Å². The van der Waals surface area contributed by atoms with Crippen LogP contribution in [-0.2, 0) is 12.8 Å². The lowest BCUT2D eigenvalue weighted by Gasteiger charge is -2.33. The topological polar surface area (TPSA) is 41.1 Å². The van der Waals surface area contributed by atoms with E-state index in [1.165, 1.54) is 0 Å². The van der Waals surface area contributed by atoms with Crippen molar-refractivity contribution in [3.05, 3.63) is 40.8 Å².